The van der Waals surface area contributed by atoms with Crippen LogP contribution in [-0.4, -0.2) is 49.8 Å². The molecule has 1 unspecified atom stereocenters. The topological polar surface area (TPSA) is 95.0 Å². The van der Waals surface area contributed by atoms with E-state index in [1.165, 1.54) is 24.3 Å². The third-order valence-corrected chi connectivity index (χ3v) is 4.22. The zero-order chi connectivity index (χ0) is 22.5. The monoisotopic (exact) mass is 562 g/mol. The van der Waals surface area contributed by atoms with Crippen LogP contribution in [0.4, 0.5) is 8.78 Å². The van der Waals surface area contributed by atoms with Crippen LogP contribution in [0.1, 0.15) is 35.4 Å². The maximum atomic E-state index is 12.2. The van der Waals surface area contributed by atoms with E-state index in [0.717, 1.165) is 0 Å². The van der Waals surface area contributed by atoms with E-state index in [0.29, 0.717) is 43.1 Å². The van der Waals surface area contributed by atoms with Crippen LogP contribution in [0.25, 0.3) is 0 Å². The highest BCUT2D eigenvalue weighted by Crippen LogP contribution is 2.19. The normalized spacial score (nSPS) is 12.0. The number of benzene rings is 2. The molecule has 176 valence electrons. The Kier molecular flexibility index (Phi) is 13.2. The van der Waals surface area contributed by atoms with Gasteiger partial charge in [0.05, 0.1) is 12.6 Å². The van der Waals surface area contributed by atoms with E-state index in [-0.39, 0.29) is 42.2 Å². The van der Waals surface area contributed by atoms with E-state index in [9.17, 15) is 18.7 Å². The molecule has 0 saturated heterocycles. The van der Waals surface area contributed by atoms with Gasteiger partial charge in [0.15, 0.2) is 5.96 Å². The molecule has 10 heteroatoms. The number of aliphatic hydroxyl groups excluding tert-OH is 1. The molecule has 1 amide bonds. The number of carbonyl (C=O) groups excluding carboxylic acids is 1. The molecular weight excluding hydrogens is 533 g/mol. The summed E-state index contributed by atoms with van der Waals surface area (Å²) in [6.07, 6.45) is -0.196. The van der Waals surface area contributed by atoms with Crippen LogP contribution in [0.15, 0.2) is 59.6 Å². The van der Waals surface area contributed by atoms with Crippen molar-refractivity contribution in [3.63, 3.8) is 0 Å². The van der Waals surface area contributed by atoms with Crippen LogP contribution in [0.5, 0.6) is 5.75 Å². The Bertz CT molecular complexity index is 824. The number of amides is 1. The van der Waals surface area contributed by atoms with Crippen molar-refractivity contribution >= 4 is 35.8 Å². The molecular formula is C22H29F2IN4O3. The van der Waals surface area contributed by atoms with Crippen molar-refractivity contribution in [2.24, 2.45) is 4.99 Å². The maximum absolute atomic E-state index is 12.2. The number of aliphatic hydroxyl groups is 1. The zero-order valence-corrected chi connectivity index (χ0v) is 20.1. The molecule has 0 fully saturated rings. The fraction of sp³-hybridized carbons (Fsp3) is 0.364. The van der Waals surface area contributed by atoms with Crippen molar-refractivity contribution in [1.82, 2.24) is 16.0 Å². The van der Waals surface area contributed by atoms with Crippen LogP contribution >= 0.6 is 24.0 Å². The molecule has 0 bridgehead atoms. The summed E-state index contributed by atoms with van der Waals surface area (Å²) in [5, 5.41) is 19.4. The molecule has 2 aromatic rings. The number of carbonyl (C=O) groups is 1. The van der Waals surface area contributed by atoms with E-state index in [2.05, 4.69) is 25.7 Å². The molecule has 7 nitrogen and oxygen atoms in total. The molecule has 1 atom stereocenters. The molecule has 0 saturated carbocycles. The van der Waals surface area contributed by atoms with Crippen molar-refractivity contribution in [3.05, 3.63) is 65.7 Å². The van der Waals surface area contributed by atoms with Crippen molar-refractivity contribution in [1.29, 1.82) is 0 Å². The Balaban J connectivity index is 0.00000512. The summed E-state index contributed by atoms with van der Waals surface area (Å²) in [6.45, 7) is 0.865. The zero-order valence-electron chi connectivity index (χ0n) is 17.8. The average molecular weight is 562 g/mol. The lowest BCUT2D eigenvalue weighted by Gasteiger charge is -2.14. The summed E-state index contributed by atoms with van der Waals surface area (Å²) >= 11 is 0. The first-order valence-electron chi connectivity index (χ1n) is 10.1. The van der Waals surface area contributed by atoms with Gasteiger partial charge in [-0.1, -0.05) is 30.3 Å². The summed E-state index contributed by atoms with van der Waals surface area (Å²) < 4.78 is 28.7. The van der Waals surface area contributed by atoms with Crippen LogP contribution in [0, 0.1) is 0 Å². The molecule has 0 aliphatic carbocycles. The molecule has 0 aliphatic heterocycles. The third kappa shape index (κ3) is 10.2. The van der Waals surface area contributed by atoms with E-state index < -0.39 is 12.7 Å². The molecule has 0 aliphatic rings. The second-order valence-corrected chi connectivity index (χ2v) is 6.59. The first kappa shape index (κ1) is 27.6. The average Bonchev–Trinajstić information content (AvgIpc) is 2.77. The van der Waals surface area contributed by atoms with Gasteiger partial charge in [-0.15, -0.1) is 24.0 Å². The summed E-state index contributed by atoms with van der Waals surface area (Å²) in [6, 6.07) is 14.8. The molecule has 0 radical (unpaired) electrons. The Morgan fingerprint density at radius 2 is 1.69 bits per heavy atom. The van der Waals surface area contributed by atoms with Crippen LogP contribution in [0.2, 0.25) is 0 Å². The standard InChI is InChI=1S/C22H28F2N4O3.HI/c1-2-25-22(27-14-6-13-26-20(30)17-7-4-3-5-8-17)28-15-19(29)16-9-11-18(12-10-16)31-21(23)24;/h3-5,7-12,19,21,29H,2,6,13-15H2,1H3,(H,26,30)(H2,25,27,28);1H. The predicted octanol–water partition coefficient (Wildman–Crippen LogP) is 3.31. The number of guanidine groups is 1. The van der Waals surface area contributed by atoms with Gasteiger partial charge in [-0.25, -0.2) is 0 Å². The molecule has 4 N–H and O–H groups in total. The first-order valence-corrected chi connectivity index (χ1v) is 10.1. The minimum atomic E-state index is -2.89. The fourth-order valence-corrected chi connectivity index (χ4v) is 2.69. The minimum Gasteiger partial charge on any atom is -0.435 e. The summed E-state index contributed by atoms with van der Waals surface area (Å²) in [4.78, 5) is 16.3. The molecule has 32 heavy (non-hydrogen) atoms. The Labute approximate surface area is 203 Å². The molecule has 2 rings (SSSR count). The van der Waals surface area contributed by atoms with Crippen LogP contribution in [0.3, 0.4) is 0 Å². The lowest BCUT2D eigenvalue weighted by molar-refractivity contribution is -0.0498. The van der Waals surface area contributed by atoms with E-state index in [1.54, 1.807) is 12.1 Å². The van der Waals surface area contributed by atoms with E-state index >= 15 is 0 Å². The number of nitrogens with zero attached hydrogens (tertiary/aromatic N) is 1. The van der Waals surface area contributed by atoms with Gasteiger partial charge in [-0.05, 0) is 43.2 Å². The lowest BCUT2D eigenvalue weighted by Crippen LogP contribution is -2.39. The van der Waals surface area contributed by atoms with Gasteiger partial charge in [0.1, 0.15) is 5.75 Å². The second kappa shape index (κ2) is 15.4. The molecule has 2 aromatic carbocycles. The minimum absolute atomic E-state index is 0. The quantitative estimate of drug-likeness (QED) is 0.146. The lowest BCUT2D eigenvalue weighted by atomic mass is 10.1. The number of alkyl halides is 2. The molecule has 0 spiro atoms. The number of nitrogens with one attached hydrogen (secondary N) is 3. The van der Waals surface area contributed by atoms with Crippen LogP contribution < -0.4 is 20.7 Å². The SMILES string of the molecule is CCNC(=NCC(O)c1ccc(OC(F)F)cc1)NCCCNC(=O)c1ccccc1.I. The molecule has 0 heterocycles. The highest BCUT2D eigenvalue weighted by atomic mass is 127. The number of halogens is 3. The first-order chi connectivity index (χ1) is 15.0. The number of aliphatic imine (C=N–C) groups is 1. The Hall–Kier alpha value is -2.47. The van der Waals surface area contributed by atoms with Crippen molar-refractivity contribution in [2.75, 3.05) is 26.2 Å². The van der Waals surface area contributed by atoms with Gasteiger partial charge in [0.2, 0.25) is 0 Å². The highest BCUT2D eigenvalue weighted by molar-refractivity contribution is 14.0. The number of hydrogen-bond donors (Lipinski definition) is 4. The van der Waals surface area contributed by atoms with E-state index in [1.807, 2.05) is 25.1 Å². The Morgan fingerprint density at radius 3 is 2.31 bits per heavy atom. The van der Waals surface area contributed by atoms with Gasteiger partial charge in [-0.3, -0.25) is 9.79 Å². The Morgan fingerprint density at radius 1 is 1.03 bits per heavy atom. The summed E-state index contributed by atoms with van der Waals surface area (Å²) in [7, 11) is 0. The smallest absolute Gasteiger partial charge is 0.387 e. The highest BCUT2D eigenvalue weighted by Gasteiger charge is 2.10. The van der Waals surface area contributed by atoms with Gasteiger partial charge < -0.3 is 25.8 Å². The van der Waals surface area contributed by atoms with Gasteiger partial charge in [-0.2, -0.15) is 8.78 Å². The number of rotatable bonds is 11. The van der Waals surface area contributed by atoms with Crippen molar-refractivity contribution < 1.29 is 23.4 Å². The predicted molar refractivity (Wildman–Crippen MR) is 131 cm³/mol. The fourth-order valence-electron chi connectivity index (χ4n) is 2.69. The summed E-state index contributed by atoms with van der Waals surface area (Å²) in [5.41, 5.74) is 1.16. The number of ether oxygens (including phenoxy) is 1. The second-order valence-electron chi connectivity index (χ2n) is 6.59. The molecule has 0 aromatic heterocycles. The summed E-state index contributed by atoms with van der Waals surface area (Å²) in [5.74, 6) is 0.451. The van der Waals surface area contributed by atoms with E-state index in [4.69, 9.17) is 0 Å². The van der Waals surface area contributed by atoms with Crippen molar-refractivity contribution in [3.8, 4) is 5.75 Å². The van der Waals surface area contributed by atoms with Crippen molar-refractivity contribution in [2.45, 2.75) is 26.1 Å². The van der Waals surface area contributed by atoms with Crippen LogP contribution in [-0.2, 0) is 0 Å². The van der Waals surface area contributed by atoms with Gasteiger partial charge >= 0.3 is 6.61 Å². The largest absolute Gasteiger partial charge is 0.435 e. The maximum Gasteiger partial charge on any atom is 0.387 e. The van der Waals surface area contributed by atoms with Gasteiger partial charge in [0, 0.05) is 25.2 Å². The van der Waals surface area contributed by atoms with Gasteiger partial charge in [0.25, 0.3) is 5.91 Å². The number of hydrogen-bond acceptors (Lipinski definition) is 4. The third-order valence-electron chi connectivity index (χ3n) is 4.22.